The monoisotopic (exact) mass is 390 g/mol. The van der Waals surface area contributed by atoms with Gasteiger partial charge in [-0.1, -0.05) is 32.8 Å². The van der Waals surface area contributed by atoms with Gasteiger partial charge >= 0.3 is 12.0 Å². The van der Waals surface area contributed by atoms with Crippen LogP contribution in [0.3, 0.4) is 0 Å². The van der Waals surface area contributed by atoms with Crippen LogP contribution in [0.25, 0.3) is 0 Å². The van der Waals surface area contributed by atoms with Gasteiger partial charge in [0.05, 0.1) is 31.9 Å². The third-order valence-electron chi connectivity index (χ3n) is 4.45. The maximum Gasteiger partial charge on any atom is 0.338 e. The number of benzene rings is 1. The fourth-order valence-electron chi connectivity index (χ4n) is 3.00. The summed E-state index contributed by atoms with van der Waals surface area (Å²) in [6.07, 6.45) is 3.92. The topological polar surface area (TPSA) is 85.9 Å². The van der Waals surface area contributed by atoms with Crippen LogP contribution in [0.1, 0.15) is 58.1 Å². The van der Waals surface area contributed by atoms with Crippen molar-refractivity contribution in [1.29, 1.82) is 0 Å². The van der Waals surface area contributed by atoms with Gasteiger partial charge in [-0.25, -0.2) is 9.59 Å². The Morgan fingerprint density at radius 3 is 2.57 bits per heavy atom. The van der Waals surface area contributed by atoms with Gasteiger partial charge < -0.3 is 24.8 Å². The summed E-state index contributed by atoms with van der Waals surface area (Å²) in [5, 5.41) is 5.44. The average molecular weight is 390 g/mol. The number of methoxy groups -OCH3 is 1. The van der Waals surface area contributed by atoms with Gasteiger partial charge in [-0.05, 0) is 37.5 Å². The lowest BCUT2D eigenvalue weighted by molar-refractivity contribution is -0.139. The van der Waals surface area contributed by atoms with E-state index in [1.807, 2.05) is 13.0 Å². The Labute approximate surface area is 166 Å². The molecule has 0 aliphatic carbocycles. The first kappa shape index (κ1) is 21.6. The highest BCUT2D eigenvalue weighted by Gasteiger charge is 2.32. The minimum atomic E-state index is -0.624. The average Bonchev–Trinajstić information content (AvgIpc) is 2.68. The van der Waals surface area contributed by atoms with Gasteiger partial charge in [-0.3, -0.25) is 0 Å². The molecular weight excluding hydrogens is 360 g/mol. The van der Waals surface area contributed by atoms with Crippen molar-refractivity contribution in [3.05, 3.63) is 35.0 Å². The van der Waals surface area contributed by atoms with Gasteiger partial charge in [-0.2, -0.15) is 0 Å². The van der Waals surface area contributed by atoms with E-state index < -0.39 is 12.0 Å². The number of hydrogen-bond donors (Lipinski definition) is 2. The summed E-state index contributed by atoms with van der Waals surface area (Å²) in [6.45, 7) is 6.69. The molecule has 1 aliphatic rings. The number of urea groups is 1. The highest BCUT2D eigenvalue weighted by Crippen LogP contribution is 2.34. The van der Waals surface area contributed by atoms with Crippen molar-refractivity contribution in [2.45, 2.75) is 52.5 Å². The normalized spacial score (nSPS) is 16.3. The lowest BCUT2D eigenvalue weighted by atomic mass is 9.95. The number of carbonyl (C=O) groups is 2. The first-order valence-electron chi connectivity index (χ1n) is 9.77. The Morgan fingerprint density at radius 2 is 1.89 bits per heavy atom. The lowest BCUT2D eigenvalue weighted by Gasteiger charge is -2.28. The van der Waals surface area contributed by atoms with Gasteiger partial charge in [0.1, 0.15) is 0 Å². The minimum absolute atomic E-state index is 0.324. The Balaban J connectivity index is 2.28. The molecule has 0 radical (unpaired) electrons. The number of allylic oxidation sites excluding steroid dienone is 1. The zero-order valence-corrected chi connectivity index (χ0v) is 17.1. The summed E-state index contributed by atoms with van der Waals surface area (Å²) in [4.78, 5) is 24.6. The third kappa shape index (κ3) is 5.41. The number of carbonyl (C=O) groups excluding carboxylic acids is 2. The molecule has 28 heavy (non-hydrogen) atoms. The molecule has 154 valence electrons. The molecule has 7 heteroatoms. The molecule has 1 aromatic rings. The molecule has 7 nitrogen and oxygen atoms in total. The second kappa shape index (κ2) is 10.6. The Kier molecular flexibility index (Phi) is 8.17. The molecule has 0 saturated carbocycles. The van der Waals surface area contributed by atoms with Crippen molar-refractivity contribution in [3.8, 4) is 11.5 Å². The molecule has 1 heterocycles. The second-order valence-electron chi connectivity index (χ2n) is 6.67. The molecule has 1 aliphatic heterocycles. The molecule has 2 N–H and O–H groups in total. The van der Waals surface area contributed by atoms with Crippen LogP contribution in [-0.2, 0) is 9.53 Å². The Morgan fingerprint density at radius 1 is 1.11 bits per heavy atom. The summed E-state index contributed by atoms with van der Waals surface area (Å²) in [5.41, 5.74) is 1.58. The van der Waals surface area contributed by atoms with Gasteiger partial charge in [0.2, 0.25) is 0 Å². The molecule has 0 aromatic heterocycles. The minimum Gasteiger partial charge on any atom is -0.493 e. The lowest BCUT2D eigenvalue weighted by Crippen LogP contribution is -2.45. The van der Waals surface area contributed by atoms with E-state index in [4.69, 9.17) is 14.2 Å². The summed E-state index contributed by atoms with van der Waals surface area (Å²) in [7, 11) is 1.57. The van der Waals surface area contributed by atoms with E-state index in [0.29, 0.717) is 36.0 Å². The molecule has 2 rings (SSSR count). The summed E-state index contributed by atoms with van der Waals surface area (Å²) < 4.78 is 16.6. The van der Waals surface area contributed by atoms with Gasteiger partial charge in [0.15, 0.2) is 11.5 Å². The third-order valence-corrected chi connectivity index (χ3v) is 4.45. The van der Waals surface area contributed by atoms with Gasteiger partial charge in [0.25, 0.3) is 0 Å². The van der Waals surface area contributed by atoms with Crippen molar-refractivity contribution in [3.63, 3.8) is 0 Å². The standard InChI is InChI=1S/C21H30N2O5/c1-5-7-8-12-27-16-10-9-15(13-17(16)26-4)19-18(20(24)28-11-6-2)14(3)22-21(25)23-19/h9-10,13,19H,5-8,11-12H2,1-4H3,(H2,22,23,25). The maximum atomic E-state index is 12.6. The van der Waals surface area contributed by atoms with Crippen molar-refractivity contribution in [2.75, 3.05) is 20.3 Å². The molecular formula is C21H30N2O5. The molecule has 2 amide bonds. The van der Waals surface area contributed by atoms with Gasteiger partial charge in [-0.15, -0.1) is 0 Å². The predicted octanol–water partition coefficient (Wildman–Crippen LogP) is 3.85. The molecule has 0 spiro atoms. The SMILES string of the molecule is CCCCCOc1ccc(C2NC(=O)NC(C)=C2C(=O)OCCC)cc1OC. The van der Waals surface area contributed by atoms with Crippen molar-refractivity contribution >= 4 is 12.0 Å². The fraction of sp³-hybridized carbons (Fsp3) is 0.524. The van der Waals surface area contributed by atoms with Crippen LogP contribution in [0.2, 0.25) is 0 Å². The molecule has 1 unspecified atom stereocenters. The second-order valence-corrected chi connectivity index (χ2v) is 6.67. The zero-order chi connectivity index (χ0) is 20.5. The number of nitrogens with one attached hydrogen (secondary N) is 2. The number of amides is 2. The highest BCUT2D eigenvalue weighted by atomic mass is 16.5. The maximum absolute atomic E-state index is 12.6. The van der Waals surface area contributed by atoms with Crippen LogP contribution in [0.15, 0.2) is 29.5 Å². The number of unbranched alkanes of at least 4 members (excludes halogenated alkanes) is 2. The van der Waals surface area contributed by atoms with E-state index in [-0.39, 0.29) is 6.03 Å². The van der Waals surface area contributed by atoms with E-state index in [2.05, 4.69) is 17.6 Å². The number of ether oxygens (including phenoxy) is 3. The van der Waals surface area contributed by atoms with Crippen molar-refractivity contribution < 1.29 is 23.8 Å². The first-order chi connectivity index (χ1) is 13.5. The van der Waals surface area contributed by atoms with Crippen LogP contribution in [0.5, 0.6) is 11.5 Å². The molecule has 0 fully saturated rings. The Hall–Kier alpha value is -2.70. The molecule has 1 atom stereocenters. The van der Waals surface area contributed by atoms with E-state index in [9.17, 15) is 9.59 Å². The Bertz CT molecular complexity index is 730. The predicted molar refractivity (Wildman–Crippen MR) is 106 cm³/mol. The largest absolute Gasteiger partial charge is 0.493 e. The van der Waals surface area contributed by atoms with E-state index in [1.165, 1.54) is 0 Å². The van der Waals surface area contributed by atoms with Crippen LogP contribution >= 0.6 is 0 Å². The summed E-state index contributed by atoms with van der Waals surface area (Å²) in [5.74, 6) is 0.745. The van der Waals surface area contributed by atoms with E-state index in [1.54, 1.807) is 26.2 Å². The first-order valence-corrected chi connectivity index (χ1v) is 9.77. The zero-order valence-electron chi connectivity index (χ0n) is 17.1. The number of hydrogen-bond acceptors (Lipinski definition) is 5. The summed E-state index contributed by atoms with van der Waals surface area (Å²) >= 11 is 0. The van der Waals surface area contributed by atoms with Crippen LogP contribution in [-0.4, -0.2) is 32.3 Å². The van der Waals surface area contributed by atoms with Crippen molar-refractivity contribution in [1.82, 2.24) is 10.6 Å². The number of rotatable bonds is 10. The van der Waals surface area contributed by atoms with Crippen molar-refractivity contribution in [2.24, 2.45) is 0 Å². The van der Waals surface area contributed by atoms with Crippen LogP contribution < -0.4 is 20.1 Å². The van der Waals surface area contributed by atoms with E-state index in [0.717, 1.165) is 31.2 Å². The highest BCUT2D eigenvalue weighted by molar-refractivity contribution is 5.95. The fourth-order valence-corrected chi connectivity index (χ4v) is 3.00. The molecule has 0 bridgehead atoms. The smallest absolute Gasteiger partial charge is 0.338 e. The molecule has 1 aromatic carbocycles. The quantitative estimate of drug-likeness (QED) is 0.468. The molecule has 0 saturated heterocycles. The van der Waals surface area contributed by atoms with Gasteiger partial charge in [0, 0.05) is 5.70 Å². The summed E-state index contributed by atoms with van der Waals surface area (Å²) in [6, 6.07) is 4.42. The van der Waals surface area contributed by atoms with Crippen LogP contribution in [0, 0.1) is 0 Å². The number of esters is 1. The van der Waals surface area contributed by atoms with Crippen LogP contribution in [0.4, 0.5) is 4.79 Å². The van der Waals surface area contributed by atoms with E-state index >= 15 is 0 Å².